The number of carbonyl (C=O) groups is 1. The number of amides is 1. The van der Waals surface area contributed by atoms with Crippen LogP contribution in [-0.2, 0) is 23.6 Å². The van der Waals surface area contributed by atoms with E-state index in [4.69, 9.17) is 0 Å². The number of aryl methyl sites for hydroxylation is 1. The fourth-order valence-corrected chi connectivity index (χ4v) is 4.22. The Morgan fingerprint density at radius 3 is 2.28 bits per heavy atom. The van der Waals surface area contributed by atoms with E-state index in [1.807, 2.05) is 0 Å². The van der Waals surface area contributed by atoms with Gasteiger partial charge in [0, 0.05) is 11.3 Å². The highest BCUT2D eigenvalue weighted by molar-refractivity contribution is 6.00. The van der Waals surface area contributed by atoms with Crippen molar-refractivity contribution < 1.29 is 35.5 Å². The largest absolute Gasteiger partial charge is 0.416 e. The molecule has 0 fully saturated rings. The lowest BCUT2D eigenvalue weighted by molar-refractivity contribution is -0.143. The third kappa shape index (κ3) is 5.38. The molecule has 0 aliphatic carbocycles. The summed E-state index contributed by atoms with van der Waals surface area (Å²) in [4.78, 5) is 14.7. The van der Waals surface area contributed by atoms with Crippen LogP contribution in [0.3, 0.4) is 0 Å². The molecule has 4 rings (SSSR count). The Labute approximate surface area is 202 Å². The zero-order valence-corrected chi connectivity index (χ0v) is 18.6. The van der Waals surface area contributed by atoms with Gasteiger partial charge in [-0.15, -0.1) is 0 Å². The molecule has 1 unspecified atom stereocenters. The van der Waals surface area contributed by atoms with Gasteiger partial charge < -0.3 is 0 Å². The number of nitrogens with zero attached hydrogens (tertiary/aromatic N) is 1. The maximum atomic E-state index is 13.9. The van der Waals surface area contributed by atoms with Crippen molar-refractivity contribution in [3.8, 4) is 11.8 Å². The van der Waals surface area contributed by atoms with Crippen LogP contribution in [0, 0.1) is 17.7 Å². The second-order valence-electron chi connectivity index (χ2n) is 8.25. The van der Waals surface area contributed by atoms with Crippen LogP contribution in [0.15, 0.2) is 66.7 Å². The number of carbonyl (C=O) groups excluding carboxylic acids is 1. The van der Waals surface area contributed by atoms with Crippen molar-refractivity contribution in [1.82, 2.24) is 0 Å². The Morgan fingerprint density at radius 2 is 1.61 bits per heavy atom. The topological polar surface area (TPSA) is 20.3 Å². The van der Waals surface area contributed by atoms with E-state index in [0.717, 1.165) is 6.07 Å². The second kappa shape index (κ2) is 9.69. The third-order valence-corrected chi connectivity index (χ3v) is 5.90. The van der Waals surface area contributed by atoms with E-state index in [1.165, 1.54) is 17.0 Å². The van der Waals surface area contributed by atoms with E-state index < -0.39 is 46.7 Å². The Bertz CT molecular complexity index is 1330. The number of benzene rings is 3. The molecule has 1 aliphatic heterocycles. The average molecular weight is 505 g/mol. The fourth-order valence-electron chi connectivity index (χ4n) is 4.22. The molecule has 1 atom stereocenters. The van der Waals surface area contributed by atoms with E-state index in [-0.39, 0.29) is 25.5 Å². The molecule has 1 aliphatic rings. The second-order valence-corrected chi connectivity index (χ2v) is 8.25. The minimum atomic E-state index is -5.12. The number of anilines is 1. The number of alkyl halides is 6. The predicted molar refractivity (Wildman–Crippen MR) is 120 cm³/mol. The van der Waals surface area contributed by atoms with Crippen LogP contribution < -0.4 is 4.90 Å². The van der Waals surface area contributed by atoms with Crippen molar-refractivity contribution in [2.45, 2.75) is 31.1 Å². The summed E-state index contributed by atoms with van der Waals surface area (Å²) in [7, 11) is 0. The van der Waals surface area contributed by atoms with E-state index in [1.54, 1.807) is 30.3 Å². The standard InChI is InChI=1S/C27H18F7NO/c28-20-10-13-24-18(15-20)8-11-22(25(36)35(24)14-4-7-17-5-2-1-3-6-17)21-12-9-19(26(29,30)31)16-23(21)27(32,33)34/h1-3,5-6,9-10,12-13,15-16,22H,8,11,14H2. The van der Waals surface area contributed by atoms with Crippen molar-refractivity contribution in [2.75, 3.05) is 11.4 Å². The molecule has 0 N–H and O–H groups in total. The zero-order chi connectivity index (χ0) is 26.1. The summed E-state index contributed by atoms with van der Waals surface area (Å²) in [5, 5.41) is 0. The van der Waals surface area contributed by atoms with Crippen LogP contribution >= 0.6 is 0 Å². The van der Waals surface area contributed by atoms with Gasteiger partial charge in [-0.25, -0.2) is 4.39 Å². The molecule has 0 spiro atoms. The van der Waals surface area contributed by atoms with Gasteiger partial charge >= 0.3 is 12.4 Å². The van der Waals surface area contributed by atoms with E-state index in [0.29, 0.717) is 28.9 Å². The molecular weight excluding hydrogens is 487 g/mol. The van der Waals surface area contributed by atoms with Crippen molar-refractivity contribution in [1.29, 1.82) is 0 Å². The van der Waals surface area contributed by atoms with Gasteiger partial charge in [0.15, 0.2) is 0 Å². The highest BCUT2D eigenvalue weighted by atomic mass is 19.4. The molecule has 0 bridgehead atoms. The molecule has 1 heterocycles. The van der Waals surface area contributed by atoms with Gasteiger partial charge in [0.05, 0.1) is 23.6 Å². The summed E-state index contributed by atoms with van der Waals surface area (Å²) in [6.45, 7) is -0.204. The number of hydrogen-bond acceptors (Lipinski definition) is 1. The lowest BCUT2D eigenvalue weighted by Crippen LogP contribution is -2.35. The fraction of sp³-hybridized carbons (Fsp3) is 0.222. The van der Waals surface area contributed by atoms with Crippen molar-refractivity contribution in [3.63, 3.8) is 0 Å². The minimum absolute atomic E-state index is 0.0276. The smallest absolute Gasteiger partial charge is 0.300 e. The van der Waals surface area contributed by atoms with Gasteiger partial charge in [0.1, 0.15) is 5.82 Å². The average Bonchev–Trinajstić information content (AvgIpc) is 2.94. The lowest BCUT2D eigenvalue weighted by Gasteiger charge is -2.26. The number of rotatable bonds is 2. The van der Waals surface area contributed by atoms with Crippen LogP contribution in [0.25, 0.3) is 0 Å². The SMILES string of the molecule is O=C1C(c2ccc(C(F)(F)F)cc2C(F)(F)F)CCc2cc(F)ccc2N1CC#Cc1ccccc1. The zero-order valence-electron chi connectivity index (χ0n) is 18.6. The highest BCUT2D eigenvalue weighted by Gasteiger charge is 2.42. The highest BCUT2D eigenvalue weighted by Crippen LogP contribution is 2.42. The molecule has 0 aromatic heterocycles. The first-order valence-electron chi connectivity index (χ1n) is 10.9. The minimum Gasteiger partial charge on any atom is -0.300 e. The van der Waals surface area contributed by atoms with Crippen molar-refractivity contribution >= 4 is 11.6 Å². The first-order valence-corrected chi connectivity index (χ1v) is 10.9. The van der Waals surface area contributed by atoms with Gasteiger partial charge in [-0.2, -0.15) is 26.3 Å². The first kappa shape index (κ1) is 25.3. The Balaban J connectivity index is 1.78. The summed E-state index contributed by atoms with van der Waals surface area (Å²) in [6, 6.07) is 13.7. The number of halogens is 7. The molecule has 9 heteroatoms. The molecule has 3 aromatic carbocycles. The third-order valence-electron chi connectivity index (χ3n) is 5.90. The maximum Gasteiger partial charge on any atom is 0.416 e. The summed E-state index contributed by atoms with van der Waals surface area (Å²) in [5.41, 5.74) is -2.20. The monoisotopic (exact) mass is 505 g/mol. The number of fused-ring (bicyclic) bond motifs is 1. The molecule has 2 nitrogen and oxygen atoms in total. The van der Waals surface area contributed by atoms with E-state index >= 15 is 0 Å². The van der Waals surface area contributed by atoms with Crippen LogP contribution in [-0.4, -0.2) is 12.5 Å². The lowest BCUT2D eigenvalue weighted by atomic mass is 9.88. The van der Waals surface area contributed by atoms with Gasteiger partial charge in [0.2, 0.25) is 5.91 Å². The van der Waals surface area contributed by atoms with E-state index in [9.17, 15) is 35.5 Å². The van der Waals surface area contributed by atoms with Crippen LogP contribution in [0.4, 0.5) is 36.4 Å². The van der Waals surface area contributed by atoms with Gasteiger partial charge in [-0.3, -0.25) is 9.69 Å². The normalized spacial score (nSPS) is 16.1. The van der Waals surface area contributed by atoms with E-state index in [2.05, 4.69) is 11.8 Å². The van der Waals surface area contributed by atoms with Gasteiger partial charge in [-0.1, -0.05) is 36.1 Å². The maximum absolute atomic E-state index is 13.9. The molecule has 186 valence electrons. The molecule has 0 saturated carbocycles. The van der Waals surface area contributed by atoms with Crippen LogP contribution in [0.5, 0.6) is 0 Å². The summed E-state index contributed by atoms with van der Waals surface area (Å²) in [5.74, 6) is 2.94. The van der Waals surface area contributed by atoms with Gasteiger partial charge in [0.25, 0.3) is 0 Å². The quantitative estimate of drug-likeness (QED) is 0.272. The molecule has 1 amide bonds. The van der Waals surface area contributed by atoms with Crippen LogP contribution in [0.1, 0.15) is 40.2 Å². The molecule has 36 heavy (non-hydrogen) atoms. The van der Waals surface area contributed by atoms with Crippen LogP contribution in [0.2, 0.25) is 0 Å². The van der Waals surface area contributed by atoms with Gasteiger partial charge in [-0.05, 0) is 66.4 Å². The summed E-state index contributed by atoms with van der Waals surface area (Å²) >= 11 is 0. The summed E-state index contributed by atoms with van der Waals surface area (Å²) in [6.07, 6.45) is -10.2. The summed E-state index contributed by atoms with van der Waals surface area (Å²) < 4.78 is 94.9. The Kier molecular flexibility index (Phi) is 6.81. The molecule has 0 saturated heterocycles. The number of hydrogen-bond donors (Lipinski definition) is 0. The van der Waals surface area contributed by atoms with Crippen molar-refractivity contribution in [3.05, 3.63) is 100 Å². The molecule has 3 aromatic rings. The Hall–Kier alpha value is -3.80. The Morgan fingerprint density at radius 1 is 0.889 bits per heavy atom. The molecular formula is C27H18F7NO. The van der Waals surface area contributed by atoms with Crippen molar-refractivity contribution in [2.24, 2.45) is 0 Å². The first-order chi connectivity index (χ1) is 16.9. The predicted octanol–water partition coefficient (Wildman–Crippen LogP) is 6.98. The molecule has 0 radical (unpaired) electrons.